The van der Waals surface area contributed by atoms with Gasteiger partial charge in [0, 0.05) is 28.7 Å². The summed E-state index contributed by atoms with van der Waals surface area (Å²) in [5.41, 5.74) is 0.403. The Labute approximate surface area is 171 Å². The monoisotopic (exact) mass is 408 g/mol. The van der Waals surface area contributed by atoms with Gasteiger partial charge in [0.2, 0.25) is 0 Å². The Hall–Kier alpha value is -1.63. The Bertz CT molecular complexity index is 761. The van der Waals surface area contributed by atoms with Crippen LogP contribution in [-0.2, 0) is 26.1 Å². The molecule has 2 fully saturated rings. The summed E-state index contributed by atoms with van der Waals surface area (Å²) in [5, 5.41) is 3.19. The number of hydrogen-bond acceptors (Lipinski definition) is 6. The fourth-order valence-corrected chi connectivity index (χ4v) is 5.12. The summed E-state index contributed by atoms with van der Waals surface area (Å²) in [4.78, 5) is 31.8. The van der Waals surface area contributed by atoms with E-state index < -0.39 is 17.7 Å². The number of piperidine rings is 1. The highest BCUT2D eigenvalue weighted by Crippen LogP contribution is 2.61. The van der Waals surface area contributed by atoms with Crippen LogP contribution in [0.5, 0.6) is 0 Å². The third-order valence-electron chi connectivity index (χ3n) is 5.40. The van der Waals surface area contributed by atoms with E-state index in [-0.39, 0.29) is 22.8 Å². The van der Waals surface area contributed by atoms with Crippen molar-refractivity contribution in [3.8, 4) is 0 Å². The molecule has 6 nitrogen and oxygen atoms in total. The highest BCUT2D eigenvalue weighted by Gasteiger charge is 2.68. The zero-order valence-electron chi connectivity index (χ0n) is 18.0. The van der Waals surface area contributed by atoms with Crippen molar-refractivity contribution in [2.75, 3.05) is 6.61 Å². The molecule has 7 heteroatoms. The Balaban J connectivity index is 1.80. The van der Waals surface area contributed by atoms with Gasteiger partial charge in [-0.3, -0.25) is 4.90 Å². The number of carbonyl (C=O) groups is 2. The van der Waals surface area contributed by atoms with E-state index in [4.69, 9.17) is 14.5 Å². The van der Waals surface area contributed by atoms with Crippen molar-refractivity contribution in [3.63, 3.8) is 0 Å². The third-order valence-corrected chi connectivity index (χ3v) is 6.25. The molecule has 1 aromatic rings. The van der Waals surface area contributed by atoms with Crippen LogP contribution in [0.3, 0.4) is 0 Å². The minimum Gasteiger partial charge on any atom is -0.464 e. The first kappa shape index (κ1) is 21.1. The summed E-state index contributed by atoms with van der Waals surface area (Å²) in [6.07, 6.45) is 1.85. The Morgan fingerprint density at radius 2 is 1.93 bits per heavy atom. The topological polar surface area (TPSA) is 68.7 Å². The minimum absolute atomic E-state index is 0.0127. The first-order valence-corrected chi connectivity index (χ1v) is 10.9. The molecule has 0 bridgehead atoms. The van der Waals surface area contributed by atoms with Crippen molar-refractivity contribution in [2.24, 2.45) is 5.41 Å². The van der Waals surface area contributed by atoms with Gasteiger partial charge < -0.3 is 9.47 Å². The molecule has 1 aliphatic heterocycles. The molecule has 0 N–H and O–H groups in total. The van der Waals surface area contributed by atoms with Gasteiger partial charge in [-0.25, -0.2) is 14.6 Å². The smallest absolute Gasteiger partial charge is 0.411 e. The normalized spacial score (nSPS) is 26.8. The predicted molar refractivity (Wildman–Crippen MR) is 108 cm³/mol. The quantitative estimate of drug-likeness (QED) is 0.694. The van der Waals surface area contributed by atoms with Crippen LogP contribution in [0.2, 0.25) is 0 Å². The molecule has 2 heterocycles. The van der Waals surface area contributed by atoms with Crippen LogP contribution in [0.25, 0.3) is 0 Å². The maximum Gasteiger partial charge on any atom is 0.411 e. The molecule has 28 heavy (non-hydrogen) atoms. The van der Waals surface area contributed by atoms with Crippen molar-refractivity contribution < 1.29 is 19.1 Å². The van der Waals surface area contributed by atoms with Gasteiger partial charge in [-0.05, 0) is 40.5 Å². The number of rotatable bonds is 4. The molecule has 1 saturated carbocycles. The van der Waals surface area contributed by atoms with E-state index in [0.29, 0.717) is 13.0 Å². The number of esters is 1. The summed E-state index contributed by atoms with van der Waals surface area (Å²) in [6, 6.07) is -0.561. The highest BCUT2D eigenvalue weighted by atomic mass is 32.1. The number of carbonyl (C=O) groups excluding carboxylic acids is 2. The van der Waals surface area contributed by atoms with Crippen LogP contribution in [-0.4, -0.2) is 46.2 Å². The average molecular weight is 409 g/mol. The lowest BCUT2D eigenvalue weighted by Crippen LogP contribution is -2.46. The fourth-order valence-electron chi connectivity index (χ4n) is 3.94. The van der Waals surface area contributed by atoms with Crippen LogP contribution in [0.1, 0.15) is 72.0 Å². The van der Waals surface area contributed by atoms with Gasteiger partial charge >= 0.3 is 12.1 Å². The molecule has 3 atom stereocenters. The van der Waals surface area contributed by atoms with Gasteiger partial charge in [0.05, 0.1) is 17.3 Å². The average Bonchev–Trinajstić information content (AvgIpc) is 2.91. The molecule has 2 aliphatic rings. The van der Waals surface area contributed by atoms with E-state index in [1.54, 1.807) is 23.2 Å². The summed E-state index contributed by atoms with van der Waals surface area (Å²) >= 11 is 1.67. The molecule has 0 unspecified atom stereocenters. The zero-order valence-corrected chi connectivity index (χ0v) is 18.8. The summed E-state index contributed by atoms with van der Waals surface area (Å²) in [5.74, 6) is -0.338. The van der Waals surface area contributed by atoms with Crippen LogP contribution in [0, 0.1) is 5.41 Å². The van der Waals surface area contributed by atoms with Crippen molar-refractivity contribution in [3.05, 3.63) is 16.1 Å². The summed E-state index contributed by atoms with van der Waals surface area (Å²) in [6.45, 7) is 14.1. The lowest BCUT2D eigenvalue weighted by atomic mass is 9.93. The lowest BCUT2D eigenvalue weighted by molar-refractivity contribution is -0.149. The second kappa shape index (κ2) is 7.01. The van der Waals surface area contributed by atoms with Gasteiger partial charge in [-0.1, -0.05) is 20.8 Å². The Kier molecular flexibility index (Phi) is 5.28. The Morgan fingerprint density at radius 3 is 2.46 bits per heavy atom. The van der Waals surface area contributed by atoms with E-state index in [9.17, 15) is 9.59 Å². The van der Waals surface area contributed by atoms with Crippen LogP contribution in [0.4, 0.5) is 4.79 Å². The summed E-state index contributed by atoms with van der Waals surface area (Å²) in [7, 11) is 0. The second-order valence-corrected chi connectivity index (χ2v) is 10.9. The van der Waals surface area contributed by atoms with Crippen molar-refractivity contribution >= 4 is 23.4 Å². The number of aromatic nitrogens is 1. The van der Waals surface area contributed by atoms with E-state index >= 15 is 0 Å². The molecule has 1 aliphatic carbocycles. The molecule has 0 aromatic carbocycles. The predicted octanol–water partition coefficient (Wildman–Crippen LogP) is 4.31. The molecular formula is C21H32N2O4S. The standard InChI is InChI=1S/C21H32N2O4S/c1-8-26-17(24)13-9-21(11-16-22-14(12-28-16)19(2,3)4)10-15(21)23(13)18(25)27-20(5,6)7/h12-13,15H,8-11H2,1-7H3/t13-,15+,21-/m0/s1. The SMILES string of the molecule is CCOC(=O)[C@@H]1C[C@@]2(Cc3nc(C(C)(C)C)cs3)C[C@H]2N1C(=O)OC(C)(C)C. The largest absolute Gasteiger partial charge is 0.464 e. The molecule has 0 radical (unpaired) electrons. The first-order valence-electron chi connectivity index (χ1n) is 9.99. The molecule has 3 rings (SSSR count). The number of amides is 1. The van der Waals surface area contributed by atoms with Crippen LogP contribution >= 0.6 is 11.3 Å². The number of nitrogens with zero attached hydrogens (tertiary/aromatic N) is 2. The molecule has 156 valence electrons. The molecule has 1 aromatic heterocycles. The second-order valence-electron chi connectivity index (χ2n) is 10.00. The number of fused-ring (bicyclic) bond motifs is 1. The van der Waals surface area contributed by atoms with Crippen LogP contribution in [0.15, 0.2) is 5.38 Å². The number of ether oxygens (including phenoxy) is 2. The van der Waals surface area contributed by atoms with E-state index in [1.807, 2.05) is 20.8 Å². The molecule has 0 spiro atoms. The number of hydrogen-bond donors (Lipinski definition) is 0. The third kappa shape index (κ3) is 4.19. The van der Waals surface area contributed by atoms with Crippen molar-refractivity contribution in [1.29, 1.82) is 0 Å². The lowest BCUT2D eigenvalue weighted by Gasteiger charge is -2.29. The van der Waals surface area contributed by atoms with Gasteiger partial charge in [-0.2, -0.15) is 0 Å². The van der Waals surface area contributed by atoms with Crippen molar-refractivity contribution in [1.82, 2.24) is 9.88 Å². The summed E-state index contributed by atoms with van der Waals surface area (Å²) < 4.78 is 10.8. The molecular weight excluding hydrogens is 376 g/mol. The number of likely N-dealkylation sites (tertiary alicyclic amines) is 1. The Morgan fingerprint density at radius 1 is 1.25 bits per heavy atom. The number of thiazole rings is 1. The zero-order chi connectivity index (χ0) is 20.9. The van der Waals surface area contributed by atoms with Crippen LogP contribution < -0.4 is 0 Å². The minimum atomic E-state index is -0.604. The molecule has 1 saturated heterocycles. The van der Waals surface area contributed by atoms with Gasteiger partial charge in [0.15, 0.2) is 0 Å². The maximum atomic E-state index is 12.8. The van der Waals surface area contributed by atoms with Gasteiger partial charge in [0.25, 0.3) is 0 Å². The van der Waals surface area contributed by atoms with E-state index in [1.165, 1.54) is 0 Å². The van der Waals surface area contributed by atoms with Crippen molar-refractivity contribution in [2.45, 2.75) is 90.8 Å². The van der Waals surface area contributed by atoms with E-state index in [0.717, 1.165) is 23.5 Å². The fraction of sp³-hybridized carbons (Fsp3) is 0.762. The highest BCUT2D eigenvalue weighted by molar-refractivity contribution is 7.09. The van der Waals surface area contributed by atoms with Gasteiger partial charge in [-0.15, -0.1) is 11.3 Å². The first-order chi connectivity index (χ1) is 12.9. The molecule has 1 amide bonds. The van der Waals surface area contributed by atoms with E-state index in [2.05, 4.69) is 26.2 Å². The maximum absolute atomic E-state index is 12.8. The van der Waals surface area contributed by atoms with Gasteiger partial charge in [0.1, 0.15) is 11.6 Å².